The number of benzene rings is 1. The summed E-state index contributed by atoms with van der Waals surface area (Å²) in [5.74, 6) is 0.918. The van der Waals surface area contributed by atoms with Gasteiger partial charge in [0.2, 0.25) is 0 Å². The van der Waals surface area contributed by atoms with Crippen molar-refractivity contribution in [3.63, 3.8) is 0 Å². The molecule has 0 bridgehead atoms. The molecule has 0 aromatic heterocycles. The molecule has 0 heterocycles. The molecule has 0 spiro atoms. The van der Waals surface area contributed by atoms with E-state index in [-0.39, 0.29) is 11.5 Å². The van der Waals surface area contributed by atoms with Gasteiger partial charge in [-0.2, -0.15) is 0 Å². The van der Waals surface area contributed by atoms with Crippen LogP contribution in [0.15, 0.2) is 16.6 Å². The second-order valence-electron chi connectivity index (χ2n) is 5.54. The highest BCUT2D eigenvalue weighted by molar-refractivity contribution is 9.10. The Balaban J connectivity index is 3.26. The number of aryl methyl sites for hydroxylation is 1. The van der Waals surface area contributed by atoms with E-state index in [2.05, 4.69) is 55.8 Å². The minimum atomic E-state index is 0.0232. The molecule has 1 rings (SSSR count). The summed E-state index contributed by atoms with van der Waals surface area (Å²) < 4.78 is 6.94. The second kappa shape index (κ2) is 5.40. The van der Waals surface area contributed by atoms with Crippen molar-refractivity contribution >= 4 is 15.9 Å². The Morgan fingerprint density at radius 1 is 1.35 bits per heavy atom. The van der Waals surface area contributed by atoms with Crippen molar-refractivity contribution < 1.29 is 4.74 Å². The molecule has 2 N–H and O–H groups in total. The third-order valence-corrected chi connectivity index (χ3v) is 3.24. The summed E-state index contributed by atoms with van der Waals surface area (Å²) in [6.45, 7) is 11.2. The molecule has 0 radical (unpaired) electrons. The van der Waals surface area contributed by atoms with Crippen molar-refractivity contribution in [1.29, 1.82) is 0 Å². The number of rotatable bonds is 3. The smallest absolute Gasteiger partial charge is 0.137 e. The summed E-state index contributed by atoms with van der Waals surface area (Å²) in [7, 11) is 0. The first-order chi connectivity index (χ1) is 7.75. The largest absolute Gasteiger partial charge is 0.488 e. The molecule has 1 aromatic rings. The Morgan fingerprint density at radius 2 is 1.94 bits per heavy atom. The molecule has 1 aromatic carbocycles. The van der Waals surface area contributed by atoms with Gasteiger partial charge in [-0.25, -0.2) is 0 Å². The van der Waals surface area contributed by atoms with Crippen LogP contribution in [-0.4, -0.2) is 12.6 Å². The zero-order chi connectivity index (χ0) is 13.2. The van der Waals surface area contributed by atoms with Gasteiger partial charge in [0.05, 0.1) is 4.47 Å². The molecule has 1 unspecified atom stereocenters. The normalized spacial score (nSPS) is 13.6. The van der Waals surface area contributed by atoms with Gasteiger partial charge in [0.15, 0.2) is 0 Å². The Labute approximate surface area is 113 Å². The summed E-state index contributed by atoms with van der Waals surface area (Å²) >= 11 is 3.58. The third-order valence-electron chi connectivity index (χ3n) is 2.65. The number of hydrogen-bond donors (Lipinski definition) is 1. The second-order valence-corrected chi connectivity index (χ2v) is 6.39. The molecule has 3 heteroatoms. The van der Waals surface area contributed by atoms with Crippen LogP contribution in [0.1, 0.15) is 38.8 Å². The van der Waals surface area contributed by atoms with Gasteiger partial charge < -0.3 is 10.5 Å². The fraction of sp³-hybridized carbons (Fsp3) is 0.571. The van der Waals surface area contributed by atoms with Crippen molar-refractivity contribution in [3.05, 3.63) is 27.7 Å². The van der Waals surface area contributed by atoms with E-state index in [1.54, 1.807) is 0 Å². The lowest BCUT2D eigenvalue weighted by Crippen LogP contribution is -2.25. The van der Waals surface area contributed by atoms with Crippen molar-refractivity contribution in [3.8, 4) is 5.75 Å². The van der Waals surface area contributed by atoms with Crippen LogP contribution in [0, 0.1) is 6.92 Å². The van der Waals surface area contributed by atoms with E-state index in [1.807, 2.05) is 6.92 Å². The Kier molecular flexibility index (Phi) is 4.62. The van der Waals surface area contributed by atoms with Gasteiger partial charge in [-0.05, 0) is 46.8 Å². The fourth-order valence-corrected chi connectivity index (χ4v) is 2.32. The van der Waals surface area contributed by atoms with Gasteiger partial charge in [0, 0.05) is 12.1 Å². The van der Waals surface area contributed by atoms with Gasteiger partial charge in [-0.15, -0.1) is 0 Å². The lowest BCUT2D eigenvalue weighted by atomic mass is 9.85. The molecule has 0 saturated carbocycles. The zero-order valence-electron chi connectivity index (χ0n) is 11.3. The van der Waals surface area contributed by atoms with E-state index in [4.69, 9.17) is 10.5 Å². The van der Waals surface area contributed by atoms with Crippen LogP contribution in [0.5, 0.6) is 5.75 Å². The third kappa shape index (κ3) is 3.71. The highest BCUT2D eigenvalue weighted by atomic mass is 79.9. The summed E-state index contributed by atoms with van der Waals surface area (Å²) in [5, 5.41) is 0. The van der Waals surface area contributed by atoms with Gasteiger partial charge in [0.25, 0.3) is 0 Å². The molecule has 0 saturated heterocycles. The number of nitrogens with two attached hydrogens (primary N) is 1. The van der Waals surface area contributed by atoms with Crippen LogP contribution in [0.3, 0.4) is 0 Å². The molecular formula is C14H22BrNO. The van der Waals surface area contributed by atoms with Crippen molar-refractivity contribution in [2.75, 3.05) is 6.54 Å². The van der Waals surface area contributed by atoms with Gasteiger partial charge >= 0.3 is 0 Å². The van der Waals surface area contributed by atoms with Crippen LogP contribution >= 0.6 is 15.9 Å². The predicted octanol–water partition coefficient (Wildman–Crippen LogP) is 3.78. The quantitative estimate of drug-likeness (QED) is 0.922. The van der Waals surface area contributed by atoms with Crippen molar-refractivity contribution in [2.24, 2.45) is 5.73 Å². The average Bonchev–Trinajstić information content (AvgIpc) is 2.19. The molecule has 0 aliphatic carbocycles. The van der Waals surface area contributed by atoms with E-state index in [0.29, 0.717) is 6.54 Å². The summed E-state index contributed by atoms with van der Waals surface area (Å²) in [6.07, 6.45) is 0.0232. The van der Waals surface area contributed by atoms with Crippen LogP contribution in [-0.2, 0) is 5.41 Å². The average molecular weight is 300 g/mol. The van der Waals surface area contributed by atoms with E-state index in [1.165, 1.54) is 11.1 Å². The fourth-order valence-electron chi connectivity index (χ4n) is 1.66. The standard InChI is InChI=1S/C14H22BrNO/c1-9-6-11(14(3,4)5)13(12(15)7-9)17-10(2)8-16/h6-7,10H,8,16H2,1-5H3. The molecule has 96 valence electrons. The van der Waals surface area contributed by atoms with Gasteiger partial charge in [-0.3, -0.25) is 0 Å². The minimum Gasteiger partial charge on any atom is -0.488 e. The predicted molar refractivity (Wildman–Crippen MR) is 76.7 cm³/mol. The van der Waals surface area contributed by atoms with Crippen LogP contribution in [0.2, 0.25) is 0 Å². The molecule has 0 amide bonds. The van der Waals surface area contributed by atoms with E-state index in [0.717, 1.165) is 10.2 Å². The highest BCUT2D eigenvalue weighted by Crippen LogP contribution is 2.38. The Bertz CT molecular complexity index is 396. The lowest BCUT2D eigenvalue weighted by molar-refractivity contribution is 0.223. The van der Waals surface area contributed by atoms with Gasteiger partial charge in [0.1, 0.15) is 11.9 Å². The zero-order valence-corrected chi connectivity index (χ0v) is 12.9. The Hall–Kier alpha value is -0.540. The Morgan fingerprint density at radius 3 is 2.41 bits per heavy atom. The summed E-state index contributed by atoms with van der Waals surface area (Å²) in [6, 6.07) is 4.26. The van der Waals surface area contributed by atoms with Crippen molar-refractivity contribution in [2.45, 2.75) is 46.1 Å². The minimum absolute atomic E-state index is 0.0232. The van der Waals surface area contributed by atoms with Crippen molar-refractivity contribution in [1.82, 2.24) is 0 Å². The highest BCUT2D eigenvalue weighted by Gasteiger charge is 2.22. The van der Waals surface area contributed by atoms with Crippen LogP contribution in [0.4, 0.5) is 0 Å². The SMILES string of the molecule is Cc1cc(Br)c(OC(C)CN)c(C(C)(C)C)c1. The van der Waals surface area contributed by atoms with Crippen LogP contribution in [0.25, 0.3) is 0 Å². The molecule has 0 fully saturated rings. The molecule has 17 heavy (non-hydrogen) atoms. The number of hydrogen-bond acceptors (Lipinski definition) is 2. The first-order valence-corrected chi connectivity index (χ1v) is 6.72. The maximum absolute atomic E-state index is 5.94. The molecule has 0 aliphatic rings. The first kappa shape index (κ1) is 14.5. The van der Waals surface area contributed by atoms with E-state index in [9.17, 15) is 0 Å². The number of halogens is 1. The first-order valence-electron chi connectivity index (χ1n) is 5.93. The maximum atomic E-state index is 5.94. The van der Waals surface area contributed by atoms with E-state index < -0.39 is 0 Å². The van der Waals surface area contributed by atoms with Crippen LogP contribution < -0.4 is 10.5 Å². The molecule has 0 aliphatic heterocycles. The monoisotopic (exact) mass is 299 g/mol. The molecule has 2 nitrogen and oxygen atoms in total. The summed E-state index contributed by atoms with van der Waals surface area (Å²) in [4.78, 5) is 0. The number of ether oxygens (including phenoxy) is 1. The van der Waals surface area contributed by atoms with Gasteiger partial charge in [-0.1, -0.05) is 26.8 Å². The molecular weight excluding hydrogens is 278 g/mol. The summed E-state index contributed by atoms with van der Waals surface area (Å²) in [5.41, 5.74) is 8.12. The van der Waals surface area contributed by atoms with E-state index >= 15 is 0 Å². The maximum Gasteiger partial charge on any atom is 0.137 e. The molecule has 1 atom stereocenters. The topological polar surface area (TPSA) is 35.2 Å². The lowest BCUT2D eigenvalue weighted by Gasteiger charge is -2.26.